The molecule has 0 spiro atoms. The summed E-state index contributed by atoms with van der Waals surface area (Å²) in [6.45, 7) is 2.09. The Bertz CT molecular complexity index is 389. The van der Waals surface area contributed by atoms with Gasteiger partial charge in [0.05, 0.1) is 19.2 Å². The third-order valence-corrected chi connectivity index (χ3v) is 3.54. The number of ether oxygens (including phenoxy) is 2. The van der Waals surface area contributed by atoms with Gasteiger partial charge in [-0.3, -0.25) is 0 Å². The molecule has 1 heterocycles. The summed E-state index contributed by atoms with van der Waals surface area (Å²) in [4.78, 5) is 0. The maximum Gasteiger partial charge on any atom is 0.138 e. The minimum absolute atomic E-state index is 0.477. The van der Waals surface area contributed by atoms with Crippen molar-refractivity contribution >= 4 is 11.6 Å². The molecule has 3 nitrogen and oxygen atoms in total. The van der Waals surface area contributed by atoms with Crippen LogP contribution in [0, 0.1) is 0 Å². The molecule has 1 atom stereocenters. The molecule has 1 aliphatic heterocycles. The third kappa shape index (κ3) is 2.67. The predicted octanol–water partition coefficient (Wildman–Crippen LogP) is 2.82. The zero-order valence-electron chi connectivity index (χ0n) is 10.3. The normalized spacial score (nSPS) is 20.1. The average molecular weight is 256 g/mol. The van der Waals surface area contributed by atoms with E-state index in [1.807, 2.05) is 12.1 Å². The first-order valence-corrected chi connectivity index (χ1v) is 6.26. The molecule has 1 aliphatic rings. The lowest BCUT2D eigenvalue weighted by Crippen LogP contribution is -2.28. The summed E-state index contributed by atoms with van der Waals surface area (Å²) in [5, 5.41) is 4.00. The van der Waals surface area contributed by atoms with Crippen LogP contribution >= 0.6 is 11.6 Å². The lowest BCUT2D eigenvalue weighted by atomic mass is 9.91. The van der Waals surface area contributed by atoms with Crippen LogP contribution in [0.5, 0.6) is 11.5 Å². The first-order valence-electron chi connectivity index (χ1n) is 5.88. The highest BCUT2D eigenvalue weighted by Crippen LogP contribution is 2.38. The van der Waals surface area contributed by atoms with Gasteiger partial charge in [0.25, 0.3) is 0 Å². The van der Waals surface area contributed by atoms with Gasteiger partial charge in [0, 0.05) is 24.1 Å². The molecule has 1 N–H and O–H groups in total. The predicted molar refractivity (Wildman–Crippen MR) is 69.4 cm³/mol. The van der Waals surface area contributed by atoms with Crippen LogP contribution in [0.1, 0.15) is 24.3 Å². The largest absolute Gasteiger partial charge is 0.496 e. The summed E-state index contributed by atoms with van der Waals surface area (Å²) in [6, 6.07) is 3.84. The van der Waals surface area contributed by atoms with Crippen molar-refractivity contribution in [1.29, 1.82) is 0 Å². The number of hydrogen-bond acceptors (Lipinski definition) is 3. The molecule has 17 heavy (non-hydrogen) atoms. The number of halogens is 1. The second-order valence-corrected chi connectivity index (χ2v) is 4.68. The second-order valence-electron chi connectivity index (χ2n) is 4.27. The fourth-order valence-electron chi connectivity index (χ4n) is 2.32. The van der Waals surface area contributed by atoms with Gasteiger partial charge in [0.15, 0.2) is 0 Å². The Morgan fingerprint density at radius 2 is 2.00 bits per heavy atom. The Balaban J connectivity index is 2.35. The molecule has 1 saturated heterocycles. The highest BCUT2D eigenvalue weighted by atomic mass is 35.5. The van der Waals surface area contributed by atoms with E-state index in [9.17, 15) is 0 Å². The topological polar surface area (TPSA) is 30.5 Å². The number of piperidine rings is 1. The standard InChI is InChI=1S/C13H18ClNO2/c1-16-12-7-11(14)13(17-2)6-10(12)9-4-3-5-15-8-9/h6-7,9,15H,3-5,8H2,1-2H3. The van der Waals surface area contributed by atoms with Gasteiger partial charge in [-0.05, 0) is 25.5 Å². The van der Waals surface area contributed by atoms with Crippen molar-refractivity contribution in [2.45, 2.75) is 18.8 Å². The van der Waals surface area contributed by atoms with Crippen LogP contribution in [0.3, 0.4) is 0 Å². The summed E-state index contributed by atoms with van der Waals surface area (Å²) in [5.41, 5.74) is 1.18. The van der Waals surface area contributed by atoms with Gasteiger partial charge >= 0.3 is 0 Å². The van der Waals surface area contributed by atoms with E-state index in [2.05, 4.69) is 5.32 Å². The van der Waals surface area contributed by atoms with Crippen molar-refractivity contribution in [3.63, 3.8) is 0 Å². The smallest absolute Gasteiger partial charge is 0.138 e. The van der Waals surface area contributed by atoms with Crippen LogP contribution < -0.4 is 14.8 Å². The van der Waals surface area contributed by atoms with E-state index in [-0.39, 0.29) is 0 Å². The first kappa shape index (κ1) is 12.5. The van der Waals surface area contributed by atoms with Crippen LogP contribution in [-0.2, 0) is 0 Å². The van der Waals surface area contributed by atoms with Crippen LogP contribution in [0.25, 0.3) is 0 Å². The molecular weight excluding hydrogens is 238 g/mol. The second kappa shape index (κ2) is 5.61. The maximum atomic E-state index is 6.10. The molecule has 0 saturated carbocycles. The van der Waals surface area contributed by atoms with Gasteiger partial charge in [0.1, 0.15) is 11.5 Å². The van der Waals surface area contributed by atoms with Crippen molar-refractivity contribution in [2.75, 3.05) is 27.3 Å². The number of rotatable bonds is 3. The first-order chi connectivity index (χ1) is 8.26. The molecule has 0 bridgehead atoms. The molecule has 4 heteroatoms. The van der Waals surface area contributed by atoms with E-state index in [1.54, 1.807) is 14.2 Å². The van der Waals surface area contributed by atoms with Crippen molar-refractivity contribution in [2.24, 2.45) is 0 Å². The zero-order chi connectivity index (χ0) is 12.3. The molecule has 1 unspecified atom stereocenters. The molecule has 0 aromatic heterocycles. The summed E-state index contributed by atoms with van der Waals surface area (Å²) < 4.78 is 10.7. The fraction of sp³-hybridized carbons (Fsp3) is 0.538. The SMILES string of the molecule is COc1cc(C2CCCNC2)c(OC)cc1Cl. The molecule has 0 amide bonds. The number of hydrogen-bond donors (Lipinski definition) is 1. The highest BCUT2D eigenvalue weighted by Gasteiger charge is 2.20. The highest BCUT2D eigenvalue weighted by molar-refractivity contribution is 6.32. The monoisotopic (exact) mass is 255 g/mol. The van der Waals surface area contributed by atoms with Crippen molar-refractivity contribution in [1.82, 2.24) is 5.32 Å². The summed E-state index contributed by atoms with van der Waals surface area (Å²) in [5.74, 6) is 2.04. The van der Waals surface area contributed by atoms with Crippen LogP contribution in [0.15, 0.2) is 12.1 Å². The Morgan fingerprint density at radius 3 is 2.59 bits per heavy atom. The van der Waals surface area contributed by atoms with E-state index in [0.717, 1.165) is 18.8 Å². The van der Waals surface area contributed by atoms with E-state index in [4.69, 9.17) is 21.1 Å². The van der Waals surface area contributed by atoms with Gasteiger partial charge in [-0.15, -0.1) is 0 Å². The van der Waals surface area contributed by atoms with Crippen molar-refractivity contribution in [3.8, 4) is 11.5 Å². The summed E-state index contributed by atoms with van der Waals surface area (Å²) in [6.07, 6.45) is 2.37. The van der Waals surface area contributed by atoms with Gasteiger partial charge in [-0.1, -0.05) is 11.6 Å². The minimum atomic E-state index is 0.477. The van der Waals surface area contributed by atoms with Crippen LogP contribution in [0.2, 0.25) is 5.02 Å². The molecule has 1 aromatic carbocycles. The van der Waals surface area contributed by atoms with Crippen molar-refractivity contribution < 1.29 is 9.47 Å². The van der Waals surface area contributed by atoms with E-state index < -0.39 is 0 Å². The number of methoxy groups -OCH3 is 2. The Hall–Kier alpha value is -0.930. The molecule has 1 aromatic rings. The Morgan fingerprint density at radius 1 is 1.24 bits per heavy atom. The van der Waals surface area contributed by atoms with E-state index in [1.165, 1.54) is 18.4 Å². The van der Waals surface area contributed by atoms with Crippen LogP contribution in [0.4, 0.5) is 0 Å². The Kier molecular flexibility index (Phi) is 4.13. The summed E-state index contributed by atoms with van der Waals surface area (Å²) in [7, 11) is 3.31. The zero-order valence-corrected chi connectivity index (χ0v) is 11.0. The quantitative estimate of drug-likeness (QED) is 0.901. The molecular formula is C13H18ClNO2. The molecule has 94 valence electrons. The van der Waals surface area contributed by atoms with Gasteiger partial charge in [-0.25, -0.2) is 0 Å². The fourth-order valence-corrected chi connectivity index (χ4v) is 2.55. The van der Waals surface area contributed by atoms with Gasteiger partial charge in [-0.2, -0.15) is 0 Å². The number of benzene rings is 1. The van der Waals surface area contributed by atoms with E-state index in [0.29, 0.717) is 16.7 Å². The van der Waals surface area contributed by atoms with E-state index >= 15 is 0 Å². The minimum Gasteiger partial charge on any atom is -0.496 e. The molecule has 1 fully saturated rings. The molecule has 2 rings (SSSR count). The lowest BCUT2D eigenvalue weighted by Gasteiger charge is -2.25. The lowest BCUT2D eigenvalue weighted by molar-refractivity contribution is 0.384. The maximum absolute atomic E-state index is 6.10. The van der Waals surface area contributed by atoms with Gasteiger partial charge in [0.2, 0.25) is 0 Å². The molecule has 0 radical (unpaired) electrons. The van der Waals surface area contributed by atoms with Crippen molar-refractivity contribution in [3.05, 3.63) is 22.7 Å². The Labute approximate surface area is 107 Å². The third-order valence-electron chi connectivity index (χ3n) is 3.24. The molecule has 0 aliphatic carbocycles. The number of nitrogens with one attached hydrogen (secondary N) is 1. The van der Waals surface area contributed by atoms with Gasteiger partial charge < -0.3 is 14.8 Å². The average Bonchev–Trinajstić information content (AvgIpc) is 2.39. The van der Waals surface area contributed by atoms with Crippen LogP contribution in [-0.4, -0.2) is 27.3 Å². The summed E-state index contributed by atoms with van der Waals surface area (Å²) >= 11 is 6.10.